The van der Waals surface area contributed by atoms with Crippen LogP contribution < -0.4 is 4.72 Å². The van der Waals surface area contributed by atoms with Gasteiger partial charge in [0.05, 0.1) is 6.54 Å². The number of carboxylic acid groups (broad SMARTS) is 1. The highest BCUT2D eigenvalue weighted by atomic mass is 32.2. The molecule has 2 heterocycles. The molecule has 9 heteroatoms. The van der Waals surface area contributed by atoms with Crippen LogP contribution in [0.2, 0.25) is 0 Å². The van der Waals surface area contributed by atoms with Gasteiger partial charge >= 0.3 is 5.97 Å². The molecule has 0 aliphatic carbocycles. The number of thiophene rings is 1. The van der Waals surface area contributed by atoms with Crippen molar-refractivity contribution >= 4 is 27.3 Å². The van der Waals surface area contributed by atoms with Crippen molar-refractivity contribution in [3.8, 4) is 0 Å². The molecule has 0 unspecified atom stereocenters. The summed E-state index contributed by atoms with van der Waals surface area (Å²) in [6.45, 7) is -0.0236. The maximum atomic E-state index is 11.9. The molecule has 0 fully saturated rings. The molecule has 0 radical (unpaired) electrons. The van der Waals surface area contributed by atoms with Crippen molar-refractivity contribution in [2.24, 2.45) is 0 Å². The molecule has 0 aliphatic heterocycles. The standard InChI is InChI=1S/C9H9N3O4S2/c13-9(14)8-6(1-4-17-8)18(15,16)12-5-7-10-2-3-11-7/h1-4,12H,5H2,(H,10,11)(H,13,14). The van der Waals surface area contributed by atoms with Crippen molar-refractivity contribution in [1.29, 1.82) is 0 Å². The molecule has 0 saturated heterocycles. The van der Waals surface area contributed by atoms with Crippen LogP contribution in [0, 0.1) is 0 Å². The molecule has 0 bridgehead atoms. The summed E-state index contributed by atoms with van der Waals surface area (Å²) in [7, 11) is -3.85. The predicted molar refractivity (Wildman–Crippen MR) is 63.9 cm³/mol. The fourth-order valence-corrected chi connectivity index (χ4v) is 3.55. The lowest BCUT2D eigenvalue weighted by molar-refractivity contribution is 0.0698. The molecule has 0 aromatic carbocycles. The van der Waals surface area contributed by atoms with Crippen molar-refractivity contribution in [2.45, 2.75) is 11.4 Å². The highest BCUT2D eigenvalue weighted by Crippen LogP contribution is 2.21. The van der Waals surface area contributed by atoms with E-state index in [-0.39, 0.29) is 16.3 Å². The smallest absolute Gasteiger partial charge is 0.347 e. The molecule has 96 valence electrons. The molecule has 0 aliphatic rings. The average Bonchev–Trinajstić information content (AvgIpc) is 2.98. The third-order valence-electron chi connectivity index (χ3n) is 2.10. The molecule has 18 heavy (non-hydrogen) atoms. The molecule has 2 aromatic rings. The second-order valence-corrected chi connectivity index (χ2v) is 5.93. The van der Waals surface area contributed by atoms with Gasteiger partial charge in [-0.15, -0.1) is 11.3 Å². The van der Waals surface area contributed by atoms with E-state index >= 15 is 0 Å². The van der Waals surface area contributed by atoms with Gasteiger partial charge in [-0.1, -0.05) is 0 Å². The van der Waals surface area contributed by atoms with Crippen LogP contribution in [0.3, 0.4) is 0 Å². The van der Waals surface area contributed by atoms with Gasteiger partial charge in [0.15, 0.2) is 0 Å². The molecule has 7 nitrogen and oxygen atoms in total. The normalized spacial score (nSPS) is 11.6. The first kappa shape index (κ1) is 12.7. The number of imidazole rings is 1. The molecule has 2 rings (SSSR count). The second-order valence-electron chi connectivity index (χ2n) is 3.28. The van der Waals surface area contributed by atoms with Crippen LogP contribution in [0.25, 0.3) is 0 Å². The minimum atomic E-state index is -3.85. The topological polar surface area (TPSA) is 112 Å². The van der Waals surface area contributed by atoms with Crippen LogP contribution in [-0.2, 0) is 16.6 Å². The molecule has 2 aromatic heterocycles. The van der Waals surface area contributed by atoms with Gasteiger partial charge in [0.1, 0.15) is 15.6 Å². The van der Waals surface area contributed by atoms with Crippen molar-refractivity contribution in [2.75, 3.05) is 0 Å². The van der Waals surface area contributed by atoms with Crippen LogP contribution in [0.4, 0.5) is 0 Å². The summed E-state index contributed by atoms with van der Waals surface area (Å²) >= 11 is 0.866. The van der Waals surface area contributed by atoms with E-state index in [1.165, 1.54) is 17.6 Å². The van der Waals surface area contributed by atoms with Gasteiger partial charge in [0, 0.05) is 12.4 Å². The zero-order valence-electron chi connectivity index (χ0n) is 8.95. The zero-order valence-corrected chi connectivity index (χ0v) is 10.6. The summed E-state index contributed by atoms with van der Waals surface area (Å²) in [5, 5.41) is 10.3. The van der Waals surface area contributed by atoms with E-state index in [0.717, 1.165) is 11.3 Å². The fraction of sp³-hybridized carbons (Fsp3) is 0.111. The second kappa shape index (κ2) is 4.88. The molecule has 0 atom stereocenters. The monoisotopic (exact) mass is 287 g/mol. The van der Waals surface area contributed by atoms with Gasteiger partial charge in [0.25, 0.3) is 0 Å². The van der Waals surface area contributed by atoms with Gasteiger partial charge in [-0.2, -0.15) is 0 Å². The minimum Gasteiger partial charge on any atom is -0.477 e. The third-order valence-corrected chi connectivity index (χ3v) is 4.57. The van der Waals surface area contributed by atoms with Crippen LogP contribution in [0.1, 0.15) is 15.5 Å². The number of aromatic carboxylic acids is 1. The average molecular weight is 287 g/mol. The number of hydrogen-bond acceptors (Lipinski definition) is 5. The van der Waals surface area contributed by atoms with E-state index in [1.807, 2.05) is 0 Å². The Balaban J connectivity index is 2.20. The van der Waals surface area contributed by atoms with E-state index < -0.39 is 16.0 Å². The van der Waals surface area contributed by atoms with Crippen LogP contribution in [0.5, 0.6) is 0 Å². The number of sulfonamides is 1. The van der Waals surface area contributed by atoms with Crippen LogP contribution >= 0.6 is 11.3 Å². The maximum absolute atomic E-state index is 11.9. The molecule has 3 N–H and O–H groups in total. The number of carbonyl (C=O) groups is 1. The minimum absolute atomic E-state index is 0.0236. The Bertz CT molecular complexity index is 645. The Morgan fingerprint density at radius 3 is 2.94 bits per heavy atom. The first-order valence-electron chi connectivity index (χ1n) is 4.79. The lowest BCUT2D eigenvalue weighted by atomic mass is 10.5. The quantitative estimate of drug-likeness (QED) is 0.747. The van der Waals surface area contributed by atoms with Crippen molar-refractivity contribution in [3.63, 3.8) is 0 Å². The van der Waals surface area contributed by atoms with Crippen LogP contribution in [0.15, 0.2) is 28.7 Å². The summed E-state index contributed by atoms with van der Waals surface area (Å²) in [5.74, 6) is -0.811. The van der Waals surface area contributed by atoms with Gasteiger partial charge in [-0.3, -0.25) is 0 Å². The van der Waals surface area contributed by atoms with Gasteiger partial charge in [-0.25, -0.2) is 22.9 Å². The number of rotatable bonds is 5. The lowest BCUT2D eigenvalue weighted by Crippen LogP contribution is -2.24. The van der Waals surface area contributed by atoms with Gasteiger partial charge in [0.2, 0.25) is 10.0 Å². The fourth-order valence-electron chi connectivity index (χ4n) is 1.30. The van der Waals surface area contributed by atoms with E-state index in [9.17, 15) is 13.2 Å². The largest absolute Gasteiger partial charge is 0.477 e. The van der Waals surface area contributed by atoms with Crippen molar-refractivity contribution in [1.82, 2.24) is 14.7 Å². The molecular formula is C9H9N3O4S2. The van der Waals surface area contributed by atoms with Crippen LogP contribution in [-0.4, -0.2) is 29.5 Å². The summed E-state index contributed by atoms with van der Waals surface area (Å²) in [4.78, 5) is 17.0. The third kappa shape index (κ3) is 2.58. The Labute approximate surface area is 107 Å². The Morgan fingerprint density at radius 1 is 1.56 bits per heavy atom. The number of nitrogens with zero attached hydrogens (tertiary/aromatic N) is 1. The number of H-pyrrole nitrogens is 1. The summed E-state index contributed by atoms with van der Waals surface area (Å²) in [6.07, 6.45) is 3.06. The number of aromatic amines is 1. The van der Waals surface area contributed by atoms with Gasteiger partial charge < -0.3 is 10.1 Å². The summed E-state index contributed by atoms with van der Waals surface area (Å²) in [5.41, 5.74) is 0. The Hall–Kier alpha value is -1.71. The molecular weight excluding hydrogens is 278 g/mol. The van der Waals surface area contributed by atoms with Crippen molar-refractivity contribution < 1.29 is 18.3 Å². The number of nitrogens with one attached hydrogen (secondary N) is 2. The molecule has 0 spiro atoms. The lowest BCUT2D eigenvalue weighted by Gasteiger charge is -2.04. The number of hydrogen-bond donors (Lipinski definition) is 3. The summed E-state index contributed by atoms with van der Waals surface area (Å²) < 4.78 is 26.1. The highest BCUT2D eigenvalue weighted by molar-refractivity contribution is 7.89. The number of carboxylic acids is 1. The predicted octanol–water partition coefficient (Wildman–Crippen LogP) is 0.648. The SMILES string of the molecule is O=C(O)c1sccc1S(=O)(=O)NCc1ncc[nH]1. The Morgan fingerprint density at radius 2 is 2.33 bits per heavy atom. The van der Waals surface area contributed by atoms with Crippen molar-refractivity contribution in [3.05, 3.63) is 34.5 Å². The Kier molecular flexibility index (Phi) is 3.45. The first-order valence-corrected chi connectivity index (χ1v) is 7.15. The first-order chi connectivity index (χ1) is 8.50. The zero-order chi connectivity index (χ0) is 13.2. The number of aromatic nitrogens is 2. The van der Waals surface area contributed by atoms with E-state index in [2.05, 4.69) is 14.7 Å². The highest BCUT2D eigenvalue weighted by Gasteiger charge is 2.23. The van der Waals surface area contributed by atoms with Gasteiger partial charge in [-0.05, 0) is 11.4 Å². The van der Waals surface area contributed by atoms with E-state index in [4.69, 9.17) is 5.11 Å². The molecule has 0 amide bonds. The maximum Gasteiger partial charge on any atom is 0.347 e. The summed E-state index contributed by atoms with van der Waals surface area (Å²) in [6, 6.07) is 1.26. The molecule has 0 saturated carbocycles. The van der Waals surface area contributed by atoms with E-state index in [1.54, 1.807) is 6.20 Å². The van der Waals surface area contributed by atoms with E-state index in [0.29, 0.717) is 5.82 Å².